The molecule has 0 saturated heterocycles. The summed E-state index contributed by atoms with van der Waals surface area (Å²) >= 11 is 0. The van der Waals surface area contributed by atoms with Gasteiger partial charge in [-0.25, -0.2) is 4.79 Å². The molecule has 0 aliphatic carbocycles. The molecule has 0 aliphatic heterocycles. The fraction of sp³-hybridized carbons (Fsp3) is 0.474. The quantitative estimate of drug-likeness (QED) is 0.255. The fourth-order valence-electron chi connectivity index (χ4n) is 2.46. The van der Waals surface area contributed by atoms with Crippen molar-refractivity contribution < 1.29 is 29.4 Å². The number of nitrogens with one attached hydrogen (secondary N) is 3. The Labute approximate surface area is 168 Å². The van der Waals surface area contributed by atoms with Crippen LogP contribution in [0.25, 0.3) is 0 Å². The van der Waals surface area contributed by atoms with E-state index in [1.807, 2.05) is 30.3 Å². The van der Waals surface area contributed by atoms with Gasteiger partial charge in [0.1, 0.15) is 12.1 Å². The lowest BCUT2D eigenvalue weighted by Gasteiger charge is -2.20. The zero-order valence-corrected chi connectivity index (χ0v) is 16.4. The van der Waals surface area contributed by atoms with Gasteiger partial charge in [-0.15, -0.1) is 0 Å². The van der Waals surface area contributed by atoms with Crippen LogP contribution >= 0.6 is 0 Å². The molecule has 0 aromatic heterocycles. The van der Waals surface area contributed by atoms with Gasteiger partial charge in [0.25, 0.3) is 0 Å². The molecular weight excluding hydrogens is 380 g/mol. The second kappa shape index (κ2) is 11.8. The number of aliphatic hydroxyl groups is 1. The Morgan fingerprint density at radius 1 is 1.03 bits per heavy atom. The van der Waals surface area contributed by atoms with Gasteiger partial charge < -0.3 is 31.9 Å². The maximum atomic E-state index is 12.2. The summed E-state index contributed by atoms with van der Waals surface area (Å²) in [5, 5.41) is 25.3. The van der Waals surface area contributed by atoms with Crippen molar-refractivity contribution in [2.24, 2.45) is 11.7 Å². The Bertz CT molecular complexity index is 710. The Balaban J connectivity index is 2.53. The molecule has 160 valence electrons. The summed E-state index contributed by atoms with van der Waals surface area (Å²) in [6.45, 7) is 2.07. The molecule has 1 aromatic carbocycles. The van der Waals surface area contributed by atoms with Crippen molar-refractivity contribution >= 4 is 23.7 Å². The van der Waals surface area contributed by atoms with E-state index in [9.17, 15) is 24.3 Å². The highest BCUT2D eigenvalue weighted by atomic mass is 16.4. The molecule has 0 fully saturated rings. The minimum absolute atomic E-state index is 0.251. The number of benzene rings is 1. The lowest BCUT2D eigenvalue weighted by atomic mass is 10.0. The van der Waals surface area contributed by atoms with E-state index in [0.717, 1.165) is 5.56 Å². The number of hydrogen-bond acceptors (Lipinski definition) is 6. The van der Waals surface area contributed by atoms with Gasteiger partial charge in [0, 0.05) is 0 Å². The number of nitrogens with two attached hydrogens (primary N) is 1. The van der Waals surface area contributed by atoms with Crippen molar-refractivity contribution in [3.8, 4) is 0 Å². The summed E-state index contributed by atoms with van der Waals surface area (Å²) in [7, 11) is 0. The van der Waals surface area contributed by atoms with Crippen molar-refractivity contribution in [2.75, 3.05) is 13.2 Å². The number of amides is 3. The van der Waals surface area contributed by atoms with Gasteiger partial charge in [-0.05, 0) is 17.9 Å². The molecule has 0 heterocycles. The Morgan fingerprint density at radius 2 is 1.66 bits per heavy atom. The highest BCUT2D eigenvalue weighted by molar-refractivity contribution is 5.92. The van der Waals surface area contributed by atoms with Crippen molar-refractivity contribution in [1.29, 1.82) is 0 Å². The molecular formula is C19H28N4O6. The second-order valence-electron chi connectivity index (χ2n) is 6.89. The molecule has 1 rings (SSSR count). The first kappa shape index (κ1) is 24.1. The lowest BCUT2D eigenvalue weighted by molar-refractivity contribution is -0.143. The van der Waals surface area contributed by atoms with Crippen LogP contribution in [0, 0.1) is 5.92 Å². The number of aliphatic hydroxyl groups excluding tert-OH is 1. The molecule has 3 atom stereocenters. The van der Waals surface area contributed by atoms with Crippen LogP contribution in [0.2, 0.25) is 0 Å². The number of carbonyl (C=O) groups excluding carboxylic acids is 3. The highest BCUT2D eigenvalue weighted by Crippen LogP contribution is 2.03. The van der Waals surface area contributed by atoms with Crippen molar-refractivity contribution in [2.45, 2.75) is 38.4 Å². The van der Waals surface area contributed by atoms with Gasteiger partial charge in [-0.1, -0.05) is 44.2 Å². The number of hydrogen-bond donors (Lipinski definition) is 6. The minimum atomic E-state index is -1.29. The SMILES string of the molecule is CC(C)C(NC(=O)CNC(=O)C(CO)NC(=O)C(N)Cc1ccccc1)C(=O)O. The van der Waals surface area contributed by atoms with Crippen LogP contribution in [0.4, 0.5) is 0 Å². The summed E-state index contributed by atoms with van der Waals surface area (Å²) in [6, 6.07) is 5.75. The van der Waals surface area contributed by atoms with Gasteiger partial charge >= 0.3 is 5.97 Å². The smallest absolute Gasteiger partial charge is 0.326 e. The number of carboxylic acids is 1. The van der Waals surface area contributed by atoms with Crippen LogP contribution in [0.15, 0.2) is 30.3 Å². The second-order valence-corrected chi connectivity index (χ2v) is 6.89. The van der Waals surface area contributed by atoms with E-state index < -0.39 is 55.0 Å². The van der Waals surface area contributed by atoms with Gasteiger partial charge in [-0.3, -0.25) is 14.4 Å². The molecule has 0 spiro atoms. The molecule has 0 aliphatic rings. The van der Waals surface area contributed by atoms with Crippen molar-refractivity contribution in [3.05, 3.63) is 35.9 Å². The van der Waals surface area contributed by atoms with Gasteiger partial charge in [0.05, 0.1) is 19.2 Å². The van der Waals surface area contributed by atoms with E-state index >= 15 is 0 Å². The predicted octanol–water partition coefficient (Wildman–Crippen LogP) is -1.62. The zero-order chi connectivity index (χ0) is 22.0. The molecule has 10 nitrogen and oxygen atoms in total. The third kappa shape index (κ3) is 8.28. The third-order valence-electron chi connectivity index (χ3n) is 4.12. The van der Waals surface area contributed by atoms with Crippen LogP contribution in [-0.2, 0) is 25.6 Å². The topological polar surface area (TPSA) is 171 Å². The summed E-state index contributed by atoms with van der Waals surface area (Å²) in [5.74, 6) is -3.66. The predicted molar refractivity (Wildman–Crippen MR) is 105 cm³/mol. The van der Waals surface area contributed by atoms with E-state index in [4.69, 9.17) is 10.8 Å². The minimum Gasteiger partial charge on any atom is -0.480 e. The molecule has 10 heteroatoms. The van der Waals surface area contributed by atoms with E-state index in [1.165, 1.54) is 0 Å². The van der Waals surface area contributed by atoms with Crippen molar-refractivity contribution in [1.82, 2.24) is 16.0 Å². The summed E-state index contributed by atoms with van der Waals surface area (Å²) in [6.07, 6.45) is 0.251. The average Bonchev–Trinajstić information content (AvgIpc) is 2.68. The van der Waals surface area contributed by atoms with Gasteiger partial charge in [0.2, 0.25) is 17.7 Å². The van der Waals surface area contributed by atoms with E-state index in [1.54, 1.807) is 13.8 Å². The summed E-state index contributed by atoms with van der Waals surface area (Å²) < 4.78 is 0. The summed E-state index contributed by atoms with van der Waals surface area (Å²) in [5.41, 5.74) is 6.68. The fourth-order valence-corrected chi connectivity index (χ4v) is 2.46. The monoisotopic (exact) mass is 408 g/mol. The maximum Gasteiger partial charge on any atom is 0.326 e. The Kier molecular flexibility index (Phi) is 9.76. The number of rotatable bonds is 11. The number of aliphatic carboxylic acids is 1. The molecule has 29 heavy (non-hydrogen) atoms. The van der Waals surface area contributed by atoms with Crippen LogP contribution in [0.5, 0.6) is 0 Å². The molecule has 3 unspecified atom stereocenters. The van der Waals surface area contributed by atoms with Crippen LogP contribution in [-0.4, -0.2) is 65.2 Å². The average molecular weight is 408 g/mol. The first-order valence-electron chi connectivity index (χ1n) is 9.16. The molecule has 0 radical (unpaired) electrons. The number of carboxylic acid groups (broad SMARTS) is 1. The maximum absolute atomic E-state index is 12.2. The van der Waals surface area contributed by atoms with Crippen LogP contribution in [0.3, 0.4) is 0 Å². The largest absolute Gasteiger partial charge is 0.480 e. The molecule has 0 bridgehead atoms. The number of carbonyl (C=O) groups is 4. The van der Waals surface area contributed by atoms with E-state index in [2.05, 4.69) is 16.0 Å². The van der Waals surface area contributed by atoms with Gasteiger partial charge in [0.15, 0.2) is 0 Å². The van der Waals surface area contributed by atoms with Crippen LogP contribution < -0.4 is 21.7 Å². The van der Waals surface area contributed by atoms with Crippen LogP contribution in [0.1, 0.15) is 19.4 Å². The van der Waals surface area contributed by atoms with Crippen molar-refractivity contribution in [3.63, 3.8) is 0 Å². The molecule has 1 aromatic rings. The normalized spacial score (nSPS) is 13.8. The van der Waals surface area contributed by atoms with E-state index in [0.29, 0.717) is 0 Å². The van der Waals surface area contributed by atoms with Gasteiger partial charge in [-0.2, -0.15) is 0 Å². The molecule has 7 N–H and O–H groups in total. The van der Waals surface area contributed by atoms with E-state index in [-0.39, 0.29) is 12.3 Å². The first-order chi connectivity index (χ1) is 13.6. The Hall–Kier alpha value is -2.98. The molecule has 0 saturated carbocycles. The first-order valence-corrected chi connectivity index (χ1v) is 9.16. The molecule has 3 amide bonds. The standard InChI is InChI=1S/C19H28N4O6/c1-11(2)16(19(28)29)23-15(25)9-21-18(27)14(10-24)22-17(26)13(20)8-12-6-4-3-5-7-12/h3-7,11,13-14,16,24H,8-10,20H2,1-2H3,(H,21,27)(H,22,26)(H,23,25)(H,28,29). The lowest BCUT2D eigenvalue weighted by Crippen LogP contribution is -2.55. The Morgan fingerprint density at radius 3 is 2.17 bits per heavy atom. The highest BCUT2D eigenvalue weighted by Gasteiger charge is 2.26. The summed E-state index contributed by atoms with van der Waals surface area (Å²) in [4.78, 5) is 47.3. The zero-order valence-electron chi connectivity index (χ0n) is 16.4. The third-order valence-corrected chi connectivity index (χ3v) is 4.12.